The molecule has 0 atom stereocenters. The maximum Gasteiger partial charge on any atom is 0.267 e. The number of aliphatic hydroxyl groups excluding tert-OH is 1. The summed E-state index contributed by atoms with van der Waals surface area (Å²) in [5, 5.41) is 13.4. The summed E-state index contributed by atoms with van der Waals surface area (Å²) in [5.41, 5.74) is 11.4. The zero-order chi connectivity index (χ0) is 20.5. The topological polar surface area (TPSA) is 80.3 Å². The molecule has 0 fully saturated rings. The third-order valence-corrected chi connectivity index (χ3v) is 5.15. The van der Waals surface area contributed by atoms with E-state index in [1.807, 2.05) is 42.7 Å². The number of carbonyl (C=O) groups excluding carboxylic acids is 1. The molecule has 0 saturated carbocycles. The van der Waals surface area contributed by atoms with Gasteiger partial charge >= 0.3 is 0 Å². The zero-order valence-corrected chi connectivity index (χ0v) is 17.0. The molecular formula is C23H29N3O2. The van der Waals surface area contributed by atoms with E-state index in [4.69, 9.17) is 5.73 Å². The van der Waals surface area contributed by atoms with Crippen molar-refractivity contribution in [1.29, 1.82) is 0 Å². The van der Waals surface area contributed by atoms with Gasteiger partial charge in [0.05, 0.1) is 0 Å². The average Bonchev–Trinajstić information content (AvgIpc) is 3.00. The second-order valence-corrected chi connectivity index (χ2v) is 8.37. The van der Waals surface area contributed by atoms with Gasteiger partial charge in [-0.2, -0.15) is 0 Å². The molecule has 0 aliphatic carbocycles. The molecule has 3 rings (SSSR count). The molecule has 0 spiro atoms. The van der Waals surface area contributed by atoms with Crippen LogP contribution < -0.4 is 11.1 Å². The van der Waals surface area contributed by atoms with Gasteiger partial charge in [0.25, 0.3) is 5.91 Å². The maximum atomic E-state index is 13.0. The van der Waals surface area contributed by atoms with Gasteiger partial charge in [0.1, 0.15) is 5.69 Å². The Kier molecular flexibility index (Phi) is 5.47. The van der Waals surface area contributed by atoms with E-state index in [9.17, 15) is 9.90 Å². The second-order valence-electron chi connectivity index (χ2n) is 8.37. The summed E-state index contributed by atoms with van der Waals surface area (Å²) < 4.78 is 2.04. The van der Waals surface area contributed by atoms with Crippen LogP contribution in [-0.2, 0) is 6.54 Å². The van der Waals surface area contributed by atoms with Crippen LogP contribution in [0.2, 0.25) is 0 Å². The number of nitrogens with one attached hydrogen (secondary N) is 1. The molecule has 28 heavy (non-hydrogen) atoms. The molecule has 0 aliphatic rings. The van der Waals surface area contributed by atoms with Crippen LogP contribution in [0, 0.1) is 19.3 Å². The minimum Gasteiger partial charge on any atom is -0.399 e. The van der Waals surface area contributed by atoms with Crippen molar-refractivity contribution in [2.24, 2.45) is 5.41 Å². The molecule has 1 amide bonds. The number of aliphatic hydroxyl groups is 1. The van der Waals surface area contributed by atoms with E-state index < -0.39 is 0 Å². The predicted octanol–water partition coefficient (Wildman–Crippen LogP) is 3.64. The van der Waals surface area contributed by atoms with Gasteiger partial charge < -0.3 is 20.7 Å². The van der Waals surface area contributed by atoms with Gasteiger partial charge in [0.2, 0.25) is 0 Å². The Hall–Kier alpha value is -2.79. The fourth-order valence-corrected chi connectivity index (χ4v) is 3.25. The quantitative estimate of drug-likeness (QED) is 0.572. The SMILES string of the molecule is Cc1ccc(C)c(Cn2c(C(=O)NCC(C)(C)CO)cc3cc(N)ccc32)c1. The number of anilines is 1. The monoisotopic (exact) mass is 379 g/mol. The van der Waals surface area contributed by atoms with Crippen LogP contribution in [0.25, 0.3) is 10.9 Å². The first-order valence-electron chi connectivity index (χ1n) is 9.54. The third kappa shape index (κ3) is 4.20. The number of carbonyl (C=O) groups is 1. The molecule has 3 aromatic rings. The molecule has 1 heterocycles. The summed E-state index contributed by atoms with van der Waals surface area (Å²) in [4.78, 5) is 13.0. The lowest BCUT2D eigenvalue weighted by Gasteiger charge is -2.22. The molecule has 2 aromatic carbocycles. The van der Waals surface area contributed by atoms with E-state index in [-0.39, 0.29) is 17.9 Å². The van der Waals surface area contributed by atoms with Gasteiger partial charge in [0, 0.05) is 41.7 Å². The van der Waals surface area contributed by atoms with Crippen molar-refractivity contribution in [3.05, 3.63) is 64.8 Å². The Balaban J connectivity index is 2.02. The van der Waals surface area contributed by atoms with Crippen LogP contribution >= 0.6 is 0 Å². The van der Waals surface area contributed by atoms with E-state index >= 15 is 0 Å². The van der Waals surface area contributed by atoms with Crippen LogP contribution in [0.3, 0.4) is 0 Å². The van der Waals surface area contributed by atoms with Crippen molar-refractivity contribution in [2.45, 2.75) is 34.2 Å². The number of hydrogen-bond donors (Lipinski definition) is 3. The molecule has 1 aromatic heterocycles. The summed E-state index contributed by atoms with van der Waals surface area (Å²) >= 11 is 0. The van der Waals surface area contributed by atoms with Crippen molar-refractivity contribution < 1.29 is 9.90 Å². The highest BCUT2D eigenvalue weighted by Gasteiger charge is 2.21. The summed E-state index contributed by atoms with van der Waals surface area (Å²) in [6.45, 7) is 9.00. The van der Waals surface area contributed by atoms with Crippen LogP contribution in [0.4, 0.5) is 5.69 Å². The number of nitrogens with zero attached hydrogens (tertiary/aromatic N) is 1. The standard InChI is InChI=1S/C23H29N3O2/c1-15-5-6-16(2)18(9-15)12-26-20-8-7-19(24)10-17(20)11-21(26)22(28)25-13-23(3,4)14-27/h5-11,27H,12-14,24H2,1-4H3,(H,25,28). The smallest absolute Gasteiger partial charge is 0.267 e. The molecular weight excluding hydrogens is 350 g/mol. The van der Waals surface area contributed by atoms with Crippen molar-refractivity contribution >= 4 is 22.5 Å². The number of aromatic nitrogens is 1. The van der Waals surface area contributed by atoms with Crippen LogP contribution in [0.5, 0.6) is 0 Å². The van der Waals surface area contributed by atoms with Gasteiger partial charge in [0.15, 0.2) is 0 Å². The van der Waals surface area contributed by atoms with Gasteiger partial charge in [-0.3, -0.25) is 4.79 Å². The van der Waals surface area contributed by atoms with E-state index in [0.717, 1.165) is 10.9 Å². The fraction of sp³-hybridized carbons (Fsp3) is 0.348. The molecule has 148 valence electrons. The summed E-state index contributed by atoms with van der Waals surface area (Å²) in [6.07, 6.45) is 0. The van der Waals surface area contributed by atoms with Gasteiger partial charge in [-0.05, 0) is 49.2 Å². The largest absolute Gasteiger partial charge is 0.399 e. The van der Waals surface area contributed by atoms with Crippen LogP contribution in [-0.4, -0.2) is 28.7 Å². The number of fused-ring (bicyclic) bond motifs is 1. The highest BCUT2D eigenvalue weighted by Crippen LogP contribution is 2.25. The third-order valence-electron chi connectivity index (χ3n) is 5.15. The normalized spacial score (nSPS) is 11.8. The number of amides is 1. The first-order chi connectivity index (χ1) is 13.2. The van der Waals surface area contributed by atoms with Crippen molar-refractivity contribution in [1.82, 2.24) is 9.88 Å². The lowest BCUT2D eigenvalue weighted by Crippen LogP contribution is -2.36. The Labute approximate surface area is 166 Å². The van der Waals surface area contributed by atoms with E-state index in [2.05, 4.69) is 37.4 Å². The molecule has 0 aliphatic heterocycles. The number of hydrogen-bond acceptors (Lipinski definition) is 3. The Morgan fingerprint density at radius 1 is 1.14 bits per heavy atom. The molecule has 0 saturated heterocycles. The number of nitrogens with two attached hydrogens (primary N) is 1. The van der Waals surface area contributed by atoms with Crippen molar-refractivity contribution in [3.8, 4) is 0 Å². The van der Waals surface area contributed by atoms with E-state index in [0.29, 0.717) is 24.5 Å². The maximum absolute atomic E-state index is 13.0. The van der Waals surface area contributed by atoms with Crippen molar-refractivity contribution in [2.75, 3.05) is 18.9 Å². The molecule has 5 nitrogen and oxygen atoms in total. The lowest BCUT2D eigenvalue weighted by atomic mass is 9.95. The van der Waals surface area contributed by atoms with Gasteiger partial charge in [-0.25, -0.2) is 0 Å². The summed E-state index contributed by atoms with van der Waals surface area (Å²) in [7, 11) is 0. The van der Waals surface area contributed by atoms with Gasteiger partial charge in [-0.15, -0.1) is 0 Å². The number of nitrogen functional groups attached to an aromatic ring is 1. The number of rotatable bonds is 6. The lowest BCUT2D eigenvalue weighted by molar-refractivity contribution is 0.0903. The van der Waals surface area contributed by atoms with E-state index in [1.165, 1.54) is 16.7 Å². The predicted molar refractivity (Wildman–Crippen MR) is 115 cm³/mol. The molecule has 5 heteroatoms. The molecule has 0 radical (unpaired) electrons. The first kappa shape index (κ1) is 20.0. The minimum atomic E-state index is -0.371. The summed E-state index contributed by atoms with van der Waals surface area (Å²) in [6, 6.07) is 14.0. The minimum absolute atomic E-state index is 0.00921. The molecule has 0 unspecified atom stereocenters. The zero-order valence-electron chi connectivity index (χ0n) is 17.0. The van der Waals surface area contributed by atoms with E-state index in [1.54, 1.807) is 0 Å². The summed E-state index contributed by atoms with van der Waals surface area (Å²) in [5.74, 6) is -0.151. The molecule has 4 N–H and O–H groups in total. The van der Waals surface area contributed by atoms with Crippen LogP contribution in [0.1, 0.15) is 41.0 Å². The molecule has 0 bridgehead atoms. The number of benzene rings is 2. The van der Waals surface area contributed by atoms with Crippen molar-refractivity contribution in [3.63, 3.8) is 0 Å². The highest BCUT2D eigenvalue weighted by atomic mass is 16.3. The first-order valence-corrected chi connectivity index (χ1v) is 9.54. The van der Waals surface area contributed by atoms with Crippen LogP contribution in [0.15, 0.2) is 42.5 Å². The second kappa shape index (κ2) is 7.68. The Bertz CT molecular complexity index is 1020. The number of aryl methyl sites for hydroxylation is 2. The average molecular weight is 380 g/mol. The highest BCUT2D eigenvalue weighted by molar-refractivity contribution is 5.99. The Morgan fingerprint density at radius 3 is 2.61 bits per heavy atom. The fourth-order valence-electron chi connectivity index (χ4n) is 3.25. The Morgan fingerprint density at radius 2 is 1.89 bits per heavy atom. The van der Waals surface area contributed by atoms with Gasteiger partial charge in [-0.1, -0.05) is 37.6 Å².